The van der Waals surface area contributed by atoms with Gasteiger partial charge >= 0.3 is 0 Å². The maximum atomic E-state index is 13.8. The molecule has 1 fully saturated rings. The van der Waals surface area contributed by atoms with Crippen molar-refractivity contribution in [3.8, 4) is 5.75 Å². The first-order valence-corrected chi connectivity index (χ1v) is 9.73. The zero-order valence-electron chi connectivity index (χ0n) is 16.1. The lowest BCUT2D eigenvalue weighted by atomic mass is 9.82. The summed E-state index contributed by atoms with van der Waals surface area (Å²) in [5.41, 5.74) is 6.21. The van der Waals surface area contributed by atoms with Gasteiger partial charge in [-0.15, -0.1) is 0 Å². The van der Waals surface area contributed by atoms with E-state index in [9.17, 15) is 13.9 Å². The van der Waals surface area contributed by atoms with E-state index in [1.54, 1.807) is 13.8 Å². The molecule has 0 amide bonds. The molecule has 3 rings (SSSR count). The number of rotatable bonds is 6. The molecule has 0 heterocycles. The molecule has 3 nitrogen and oxygen atoms in total. The van der Waals surface area contributed by atoms with Gasteiger partial charge in [0.25, 0.3) is 5.92 Å². The lowest BCUT2D eigenvalue weighted by Crippen LogP contribution is -2.36. The van der Waals surface area contributed by atoms with Crippen molar-refractivity contribution in [1.29, 1.82) is 0 Å². The fourth-order valence-corrected chi connectivity index (χ4v) is 3.83. The van der Waals surface area contributed by atoms with Gasteiger partial charge in [-0.1, -0.05) is 25.1 Å². The summed E-state index contributed by atoms with van der Waals surface area (Å²) in [6.45, 7) is 3.22. The molecule has 1 aliphatic carbocycles. The molecule has 0 unspecified atom stereocenters. The molecular formula is C22H29F2NO2. The third-order valence-electron chi connectivity index (χ3n) is 5.85. The van der Waals surface area contributed by atoms with Crippen LogP contribution >= 0.6 is 0 Å². The first kappa shape index (κ1) is 20.0. The number of aliphatic hydroxyl groups is 1. The molecule has 0 aromatic heterocycles. The predicted molar refractivity (Wildman–Crippen MR) is 104 cm³/mol. The Balaban J connectivity index is 1.67. The Bertz CT molecular complexity index is 783. The van der Waals surface area contributed by atoms with E-state index in [1.807, 2.05) is 36.4 Å². The largest absolute Gasteiger partial charge is 0.490 e. The zero-order chi connectivity index (χ0) is 19.7. The quantitative estimate of drug-likeness (QED) is 0.746. The Morgan fingerprint density at radius 1 is 1.07 bits per heavy atom. The van der Waals surface area contributed by atoms with Crippen LogP contribution in [0.15, 0.2) is 36.4 Å². The standard InChI is InChI=1S/C22H29F2NO2/c1-3-22(23,24)17-7-10-19(11-8-17)27-20-9-5-15-12-18(21(2,25)14-26)6-4-16(15)13-20/h4-6,9,12-13,17,19,26H,3,7-8,10-11,14,25H2,1-2H3/t17-,19-,21-/m0/s1. The van der Waals surface area contributed by atoms with Gasteiger partial charge in [-0.05, 0) is 67.1 Å². The van der Waals surface area contributed by atoms with Crippen molar-refractivity contribution in [2.24, 2.45) is 11.7 Å². The Hall–Kier alpha value is -1.72. The second-order valence-corrected chi connectivity index (χ2v) is 8.01. The normalized spacial score (nSPS) is 23.2. The Kier molecular flexibility index (Phi) is 5.73. The third kappa shape index (κ3) is 4.41. The molecule has 0 saturated heterocycles. The van der Waals surface area contributed by atoms with Crippen LogP contribution in [0.4, 0.5) is 8.78 Å². The van der Waals surface area contributed by atoms with E-state index in [4.69, 9.17) is 10.5 Å². The summed E-state index contributed by atoms with van der Waals surface area (Å²) in [6.07, 6.45) is 2.26. The summed E-state index contributed by atoms with van der Waals surface area (Å²) in [5.74, 6) is -2.31. The number of alkyl halides is 2. The van der Waals surface area contributed by atoms with Gasteiger partial charge in [0.15, 0.2) is 0 Å². The van der Waals surface area contributed by atoms with Crippen LogP contribution in [-0.2, 0) is 5.54 Å². The van der Waals surface area contributed by atoms with Gasteiger partial charge in [0.05, 0.1) is 18.2 Å². The average Bonchev–Trinajstić information content (AvgIpc) is 2.68. The summed E-state index contributed by atoms with van der Waals surface area (Å²) < 4.78 is 33.8. The van der Waals surface area contributed by atoms with Gasteiger partial charge in [0.2, 0.25) is 0 Å². The highest BCUT2D eigenvalue weighted by Gasteiger charge is 2.40. The van der Waals surface area contributed by atoms with E-state index in [-0.39, 0.29) is 19.1 Å². The van der Waals surface area contributed by atoms with Gasteiger partial charge in [-0.3, -0.25) is 0 Å². The molecule has 0 bridgehead atoms. The molecular weight excluding hydrogens is 348 g/mol. The maximum absolute atomic E-state index is 13.8. The summed E-state index contributed by atoms with van der Waals surface area (Å²) >= 11 is 0. The lowest BCUT2D eigenvalue weighted by Gasteiger charge is -2.33. The third-order valence-corrected chi connectivity index (χ3v) is 5.85. The summed E-state index contributed by atoms with van der Waals surface area (Å²) in [6, 6.07) is 11.7. The molecule has 27 heavy (non-hydrogen) atoms. The predicted octanol–water partition coefficient (Wildman–Crippen LogP) is 4.99. The van der Waals surface area contributed by atoms with Gasteiger partial charge < -0.3 is 15.6 Å². The van der Waals surface area contributed by atoms with Crippen LogP contribution in [-0.4, -0.2) is 23.7 Å². The molecule has 0 spiro atoms. The highest BCUT2D eigenvalue weighted by Crippen LogP contribution is 2.39. The van der Waals surface area contributed by atoms with Crippen molar-refractivity contribution < 1.29 is 18.6 Å². The van der Waals surface area contributed by atoms with Gasteiger partial charge in [-0.25, -0.2) is 8.78 Å². The van der Waals surface area contributed by atoms with Crippen molar-refractivity contribution in [1.82, 2.24) is 0 Å². The Morgan fingerprint density at radius 3 is 2.33 bits per heavy atom. The number of fused-ring (bicyclic) bond motifs is 1. The first-order valence-electron chi connectivity index (χ1n) is 9.73. The zero-order valence-corrected chi connectivity index (χ0v) is 16.1. The van der Waals surface area contributed by atoms with Crippen LogP contribution in [0, 0.1) is 5.92 Å². The minimum atomic E-state index is -2.56. The van der Waals surface area contributed by atoms with Crippen LogP contribution in [0.25, 0.3) is 10.8 Å². The molecule has 0 aliphatic heterocycles. The molecule has 148 valence electrons. The Labute approximate surface area is 159 Å². The molecule has 1 aliphatic rings. The van der Waals surface area contributed by atoms with E-state index < -0.39 is 17.4 Å². The lowest BCUT2D eigenvalue weighted by molar-refractivity contribution is -0.0819. The second-order valence-electron chi connectivity index (χ2n) is 8.01. The van der Waals surface area contributed by atoms with Crippen molar-refractivity contribution in [2.75, 3.05) is 6.61 Å². The Morgan fingerprint density at radius 2 is 1.70 bits per heavy atom. The molecule has 2 aromatic carbocycles. The number of hydrogen-bond donors (Lipinski definition) is 2. The smallest absolute Gasteiger partial charge is 0.250 e. The highest BCUT2D eigenvalue weighted by molar-refractivity contribution is 5.84. The van der Waals surface area contributed by atoms with Crippen molar-refractivity contribution in [3.05, 3.63) is 42.0 Å². The van der Waals surface area contributed by atoms with Crippen LogP contribution in [0.3, 0.4) is 0 Å². The SMILES string of the molecule is CCC(F)(F)[C@H]1CC[C@H](Oc2ccc3cc([C@@](C)(N)CO)ccc3c2)CC1. The van der Waals surface area contributed by atoms with Gasteiger partial charge in [0, 0.05) is 12.3 Å². The second kappa shape index (κ2) is 7.72. The topological polar surface area (TPSA) is 55.5 Å². The first-order chi connectivity index (χ1) is 12.7. The fourth-order valence-electron chi connectivity index (χ4n) is 3.83. The molecule has 0 radical (unpaired) electrons. The van der Waals surface area contributed by atoms with E-state index in [0.29, 0.717) is 25.7 Å². The monoisotopic (exact) mass is 377 g/mol. The molecule has 1 atom stereocenters. The van der Waals surface area contributed by atoms with Crippen molar-refractivity contribution >= 4 is 10.8 Å². The number of nitrogens with two attached hydrogens (primary N) is 1. The maximum Gasteiger partial charge on any atom is 0.250 e. The van der Waals surface area contributed by atoms with E-state index >= 15 is 0 Å². The minimum Gasteiger partial charge on any atom is -0.490 e. The highest BCUT2D eigenvalue weighted by atomic mass is 19.3. The summed E-state index contributed by atoms with van der Waals surface area (Å²) in [7, 11) is 0. The molecule has 1 saturated carbocycles. The number of hydrogen-bond acceptors (Lipinski definition) is 3. The van der Waals surface area contributed by atoms with Crippen molar-refractivity contribution in [3.63, 3.8) is 0 Å². The number of halogens is 2. The number of ether oxygens (including phenoxy) is 1. The van der Waals surface area contributed by atoms with Crippen LogP contribution < -0.4 is 10.5 Å². The summed E-state index contributed by atoms with van der Waals surface area (Å²) in [4.78, 5) is 0. The average molecular weight is 377 g/mol. The van der Waals surface area contributed by atoms with Crippen LogP contribution in [0.2, 0.25) is 0 Å². The fraction of sp³-hybridized carbons (Fsp3) is 0.545. The van der Waals surface area contributed by atoms with E-state index in [1.165, 1.54) is 0 Å². The summed E-state index contributed by atoms with van der Waals surface area (Å²) in [5, 5.41) is 11.5. The van der Waals surface area contributed by atoms with E-state index in [0.717, 1.165) is 22.1 Å². The van der Waals surface area contributed by atoms with E-state index in [2.05, 4.69) is 0 Å². The van der Waals surface area contributed by atoms with Crippen LogP contribution in [0.1, 0.15) is 51.5 Å². The number of benzene rings is 2. The van der Waals surface area contributed by atoms with Gasteiger partial charge in [-0.2, -0.15) is 0 Å². The van der Waals surface area contributed by atoms with Crippen molar-refractivity contribution in [2.45, 2.75) is 63.5 Å². The molecule has 5 heteroatoms. The van der Waals surface area contributed by atoms with Crippen LogP contribution in [0.5, 0.6) is 5.75 Å². The number of aliphatic hydroxyl groups excluding tert-OH is 1. The molecule has 3 N–H and O–H groups in total. The molecule has 2 aromatic rings. The van der Waals surface area contributed by atoms with Gasteiger partial charge in [0.1, 0.15) is 5.75 Å². The minimum absolute atomic E-state index is 0.00708.